The molecule has 0 radical (unpaired) electrons. The second kappa shape index (κ2) is 3.25. The van der Waals surface area contributed by atoms with Gasteiger partial charge in [-0.15, -0.1) is 0 Å². The molecule has 1 aromatic rings. The zero-order chi connectivity index (χ0) is 9.31. The molecule has 0 saturated heterocycles. The van der Waals surface area contributed by atoms with Crippen molar-refractivity contribution in [1.29, 1.82) is 0 Å². The summed E-state index contributed by atoms with van der Waals surface area (Å²) in [6.07, 6.45) is 5.49. The van der Waals surface area contributed by atoms with Crippen molar-refractivity contribution in [1.82, 2.24) is 9.36 Å². The maximum absolute atomic E-state index is 4.14. The molecule has 1 atom stereocenters. The van der Waals surface area contributed by atoms with E-state index < -0.39 is 0 Å². The number of nitrogens with zero attached hydrogens (tertiary/aromatic N) is 2. The smallest absolute Gasteiger partial charge is 0.202 e. The van der Waals surface area contributed by atoms with Gasteiger partial charge in [0.05, 0.1) is 0 Å². The van der Waals surface area contributed by atoms with Gasteiger partial charge in [-0.1, -0.05) is 20.3 Å². The van der Waals surface area contributed by atoms with Crippen molar-refractivity contribution in [3.8, 4) is 0 Å². The van der Waals surface area contributed by atoms with E-state index in [-0.39, 0.29) is 0 Å². The number of hydrogen-bond donors (Lipinski definition) is 1. The molecule has 13 heavy (non-hydrogen) atoms. The van der Waals surface area contributed by atoms with Gasteiger partial charge in [-0.2, -0.15) is 4.37 Å². The molecule has 4 heteroatoms. The molecule has 1 aliphatic carbocycles. The van der Waals surface area contributed by atoms with Crippen LogP contribution in [0.1, 0.15) is 33.1 Å². The van der Waals surface area contributed by atoms with E-state index in [1.165, 1.54) is 30.8 Å². The number of aromatic nitrogens is 2. The highest BCUT2D eigenvalue weighted by atomic mass is 32.1. The van der Waals surface area contributed by atoms with Gasteiger partial charge in [0.1, 0.15) is 6.33 Å². The maximum Gasteiger partial charge on any atom is 0.202 e. The minimum absolute atomic E-state index is 0.408. The van der Waals surface area contributed by atoms with Crippen molar-refractivity contribution in [3.63, 3.8) is 0 Å². The summed E-state index contributed by atoms with van der Waals surface area (Å²) in [4.78, 5) is 4.14. The Labute approximate surface area is 82.8 Å². The van der Waals surface area contributed by atoms with Gasteiger partial charge in [0, 0.05) is 17.6 Å². The highest BCUT2D eigenvalue weighted by molar-refractivity contribution is 7.09. The first-order chi connectivity index (χ1) is 6.18. The molecule has 1 aliphatic rings. The SMILES string of the molecule is CC1(C)CCCC1Nc1ncns1. The van der Waals surface area contributed by atoms with Crippen LogP contribution >= 0.6 is 11.5 Å². The van der Waals surface area contributed by atoms with E-state index in [0.29, 0.717) is 11.5 Å². The van der Waals surface area contributed by atoms with Crippen molar-refractivity contribution >= 4 is 16.7 Å². The number of anilines is 1. The van der Waals surface area contributed by atoms with Gasteiger partial charge in [-0.05, 0) is 18.3 Å². The first-order valence-corrected chi connectivity index (χ1v) is 5.49. The topological polar surface area (TPSA) is 37.8 Å². The van der Waals surface area contributed by atoms with Gasteiger partial charge in [0.2, 0.25) is 5.13 Å². The van der Waals surface area contributed by atoms with E-state index >= 15 is 0 Å². The fourth-order valence-corrected chi connectivity index (χ4v) is 2.46. The van der Waals surface area contributed by atoms with Crippen LogP contribution < -0.4 is 5.32 Å². The van der Waals surface area contributed by atoms with Crippen LogP contribution in [-0.4, -0.2) is 15.4 Å². The predicted octanol–water partition coefficient (Wildman–Crippen LogP) is 2.53. The summed E-state index contributed by atoms with van der Waals surface area (Å²) in [6, 6.07) is 0.570. The van der Waals surface area contributed by atoms with E-state index in [0.717, 1.165) is 5.13 Å². The molecule has 1 saturated carbocycles. The molecule has 0 bridgehead atoms. The van der Waals surface area contributed by atoms with E-state index in [1.807, 2.05) is 0 Å². The third-order valence-corrected chi connectivity index (χ3v) is 3.51. The number of nitrogens with one attached hydrogen (secondary N) is 1. The molecular formula is C9H15N3S. The summed E-state index contributed by atoms with van der Waals surface area (Å²) in [5.74, 6) is 0. The standard InChI is InChI=1S/C9H15N3S/c1-9(2)5-3-4-7(9)12-8-10-6-11-13-8/h6-7H,3-5H2,1-2H3,(H,10,11,12). The Bertz CT molecular complexity index is 268. The largest absolute Gasteiger partial charge is 0.357 e. The van der Waals surface area contributed by atoms with Gasteiger partial charge in [-0.3, -0.25) is 0 Å². The zero-order valence-corrected chi connectivity index (χ0v) is 8.90. The predicted molar refractivity (Wildman–Crippen MR) is 55.0 cm³/mol. The zero-order valence-electron chi connectivity index (χ0n) is 8.08. The molecule has 1 fully saturated rings. The molecule has 2 rings (SSSR count). The maximum atomic E-state index is 4.14. The lowest BCUT2D eigenvalue weighted by Crippen LogP contribution is -2.30. The van der Waals surface area contributed by atoms with E-state index in [2.05, 4.69) is 28.5 Å². The molecule has 3 nitrogen and oxygen atoms in total. The molecule has 0 amide bonds. The first kappa shape index (κ1) is 8.94. The molecule has 0 aliphatic heterocycles. The third kappa shape index (κ3) is 1.82. The second-order valence-corrected chi connectivity index (χ2v) is 5.10. The Morgan fingerprint density at radius 2 is 2.46 bits per heavy atom. The van der Waals surface area contributed by atoms with Crippen molar-refractivity contribution in [2.24, 2.45) is 5.41 Å². The Morgan fingerprint density at radius 3 is 3.00 bits per heavy atom. The molecular weight excluding hydrogens is 182 g/mol. The second-order valence-electron chi connectivity index (χ2n) is 4.32. The van der Waals surface area contributed by atoms with Crippen molar-refractivity contribution in [2.75, 3.05) is 5.32 Å². The van der Waals surface area contributed by atoms with Crippen LogP contribution in [0.3, 0.4) is 0 Å². The lowest BCUT2D eigenvalue weighted by Gasteiger charge is -2.27. The Morgan fingerprint density at radius 1 is 1.62 bits per heavy atom. The summed E-state index contributed by atoms with van der Waals surface area (Å²) < 4.78 is 3.98. The number of hydrogen-bond acceptors (Lipinski definition) is 4. The van der Waals surface area contributed by atoms with E-state index in [9.17, 15) is 0 Å². The highest BCUT2D eigenvalue weighted by Gasteiger charge is 2.34. The third-order valence-electron chi connectivity index (χ3n) is 2.92. The summed E-state index contributed by atoms with van der Waals surface area (Å²) in [7, 11) is 0. The lowest BCUT2D eigenvalue weighted by atomic mass is 9.87. The van der Waals surface area contributed by atoms with Gasteiger partial charge < -0.3 is 5.32 Å². The van der Waals surface area contributed by atoms with Crippen molar-refractivity contribution < 1.29 is 0 Å². The molecule has 1 heterocycles. The van der Waals surface area contributed by atoms with Gasteiger partial charge >= 0.3 is 0 Å². The number of rotatable bonds is 2. The highest BCUT2D eigenvalue weighted by Crippen LogP contribution is 2.38. The Kier molecular flexibility index (Phi) is 2.24. The van der Waals surface area contributed by atoms with Crippen LogP contribution in [-0.2, 0) is 0 Å². The average molecular weight is 197 g/mol. The van der Waals surface area contributed by atoms with Crippen LogP contribution in [0.25, 0.3) is 0 Å². The van der Waals surface area contributed by atoms with Crippen LogP contribution in [0.4, 0.5) is 5.13 Å². The van der Waals surface area contributed by atoms with Crippen molar-refractivity contribution in [2.45, 2.75) is 39.2 Å². The Hall–Kier alpha value is -0.640. The summed E-state index contributed by atoms with van der Waals surface area (Å²) in [5, 5.41) is 4.41. The fraction of sp³-hybridized carbons (Fsp3) is 0.778. The molecule has 0 aromatic carbocycles. The minimum atomic E-state index is 0.408. The van der Waals surface area contributed by atoms with Gasteiger partial charge in [-0.25, -0.2) is 4.98 Å². The van der Waals surface area contributed by atoms with Gasteiger partial charge in [0.25, 0.3) is 0 Å². The quantitative estimate of drug-likeness (QED) is 0.791. The normalized spacial score (nSPS) is 26.2. The lowest BCUT2D eigenvalue weighted by molar-refractivity contribution is 0.350. The summed E-state index contributed by atoms with van der Waals surface area (Å²) >= 11 is 1.44. The first-order valence-electron chi connectivity index (χ1n) is 4.72. The molecule has 0 spiro atoms. The molecule has 1 unspecified atom stereocenters. The fourth-order valence-electron chi connectivity index (χ4n) is 1.98. The minimum Gasteiger partial charge on any atom is -0.357 e. The Balaban J connectivity index is 2.02. The molecule has 1 aromatic heterocycles. The molecule has 1 N–H and O–H groups in total. The van der Waals surface area contributed by atoms with Gasteiger partial charge in [0.15, 0.2) is 0 Å². The van der Waals surface area contributed by atoms with Crippen LogP contribution in [0.5, 0.6) is 0 Å². The van der Waals surface area contributed by atoms with Crippen LogP contribution in [0.15, 0.2) is 6.33 Å². The monoisotopic (exact) mass is 197 g/mol. The average Bonchev–Trinajstić information content (AvgIpc) is 2.63. The van der Waals surface area contributed by atoms with E-state index in [4.69, 9.17) is 0 Å². The summed E-state index contributed by atoms with van der Waals surface area (Å²) in [6.45, 7) is 4.64. The summed E-state index contributed by atoms with van der Waals surface area (Å²) in [5.41, 5.74) is 0.408. The van der Waals surface area contributed by atoms with Crippen molar-refractivity contribution in [3.05, 3.63) is 6.33 Å². The van der Waals surface area contributed by atoms with E-state index in [1.54, 1.807) is 6.33 Å². The van der Waals surface area contributed by atoms with Crippen LogP contribution in [0, 0.1) is 5.41 Å². The van der Waals surface area contributed by atoms with Crippen LogP contribution in [0.2, 0.25) is 0 Å². The molecule has 72 valence electrons.